The van der Waals surface area contributed by atoms with Crippen molar-refractivity contribution in [3.05, 3.63) is 40.4 Å². The largest absolute Gasteiger partial charge is 0.393 e. The Morgan fingerprint density at radius 1 is 1.40 bits per heavy atom. The lowest BCUT2D eigenvalue weighted by Gasteiger charge is -2.15. The Morgan fingerprint density at radius 3 is 2.85 bits per heavy atom. The summed E-state index contributed by atoms with van der Waals surface area (Å²) < 4.78 is 0. The van der Waals surface area contributed by atoms with Gasteiger partial charge in [-0.3, -0.25) is 0 Å². The zero-order chi connectivity index (χ0) is 14.5. The number of hydrogen-bond donors (Lipinski definition) is 1. The molecule has 1 unspecified atom stereocenters. The van der Waals surface area contributed by atoms with Gasteiger partial charge in [-0.25, -0.2) is 4.98 Å². The number of benzene rings is 1. The first kappa shape index (κ1) is 15.4. The van der Waals surface area contributed by atoms with E-state index in [9.17, 15) is 5.11 Å². The average molecular weight is 311 g/mol. The zero-order valence-electron chi connectivity index (χ0n) is 11.7. The molecule has 1 heterocycles. The molecule has 1 N–H and O–H groups in total. The fraction of sp³-hybridized carbons (Fsp3) is 0.400. The molecule has 0 saturated carbocycles. The Labute approximate surface area is 128 Å². The molecule has 0 saturated heterocycles. The lowest BCUT2D eigenvalue weighted by atomic mass is 10.2. The van der Waals surface area contributed by atoms with Gasteiger partial charge in [-0.1, -0.05) is 29.8 Å². The Hall–Kier alpha value is -0.940. The summed E-state index contributed by atoms with van der Waals surface area (Å²) in [6.07, 6.45) is 0.518. The van der Waals surface area contributed by atoms with E-state index < -0.39 is 0 Å². The Bertz CT molecular complexity index is 556. The zero-order valence-corrected chi connectivity index (χ0v) is 13.3. The molecule has 2 aromatic rings. The first-order valence-electron chi connectivity index (χ1n) is 6.62. The maximum atomic E-state index is 9.30. The van der Waals surface area contributed by atoms with Crippen LogP contribution in [0.2, 0.25) is 5.02 Å². The van der Waals surface area contributed by atoms with Gasteiger partial charge in [0.25, 0.3) is 0 Å². The molecule has 0 fully saturated rings. The second-order valence-electron chi connectivity index (χ2n) is 5.00. The van der Waals surface area contributed by atoms with Gasteiger partial charge in [0.15, 0.2) is 0 Å². The van der Waals surface area contributed by atoms with E-state index in [1.807, 2.05) is 38.2 Å². The number of hydrogen-bond acceptors (Lipinski definition) is 4. The SMILES string of the molecule is CC(O)CCN(C)Cc1csc(-c2ccccc2Cl)n1. The quantitative estimate of drug-likeness (QED) is 0.884. The third-order valence-corrected chi connectivity index (χ3v) is 4.27. The Kier molecular flexibility index (Phi) is 5.54. The third kappa shape index (κ3) is 4.28. The highest BCUT2D eigenvalue weighted by molar-refractivity contribution is 7.13. The molecule has 0 aliphatic carbocycles. The fourth-order valence-electron chi connectivity index (χ4n) is 1.90. The summed E-state index contributed by atoms with van der Waals surface area (Å²) in [6.45, 7) is 3.45. The monoisotopic (exact) mass is 310 g/mol. The predicted octanol–water partition coefficient (Wildman–Crippen LogP) is 3.67. The molecular formula is C15H19ClN2OS. The number of aromatic nitrogens is 1. The van der Waals surface area contributed by atoms with Gasteiger partial charge in [-0.05, 0) is 26.5 Å². The smallest absolute Gasteiger partial charge is 0.125 e. The summed E-state index contributed by atoms with van der Waals surface area (Å²) in [6, 6.07) is 7.76. The predicted molar refractivity (Wildman–Crippen MR) is 85.2 cm³/mol. The average Bonchev–Trinajstić information content (AvgIpc) is 2.85. The minimum absolute atomic E-state index is 0.258. The van der Waals surface area contributed by atoms with E-state index in [1.54, 1.807) is 11.3 Å². The number of aliphatic hydroxyl groups excluding tert-OH is 1. The molecule has 3 nitrogen and oxygen atoms in total. The van der Waals surface area contributed by atoms with Gasteiger partial charge in [0.1, 0.15) is 5.01 Å². The van der Waals surface area contributed by atoms with Gasteiger partial charge in [0.2, 0.25) is 0 Å². The fourth-order valence-corrected chi connectivity index (χ4v) is 3.03. The van der Waals surface area contributed by atoms with E-state index >= 15 is 0 Å². The van der Waals surface area contributed by atoms with Crippen molar-refractivity contribution >= 4 is 22.9 Å². The molecule has 0 aliphatic rings. The standard InChI is InChI=1S/C15H19ClN2OS/c1-11(19)7-8-18(2)9-12-10-20-15(17-12)13-5-3-4-6-14(13)16/h3-6,10-11,19H,7-9H2,1-2H3. The second-order valence-corrected chi connectivity index (χ2v) is 6.26. The molecule has 0 radical (unpaired) electrons. The van der Waals surface area contributed by atoms with Gasteiger partial charge in [0, 0.05) is 24.0 Å². The molecule has 5 heteroatoms. The normalized spacial score (nSPS) is 12.8. The molecule has 0 bridgehead atoms. The topological polar surface area (TPSA) is 36.4 Å². The molecule has 1 atom stereocenters. The van der Waals surface area contributed by atoms with Crippen molar-refractivity contribution in [2.24, 2.45) is 0 Å². The van der Waals surface area contributed by atoms with E-state index in [-0.39, 0.29) is 6.10 Å². The van der Waals surface area contributed by atoms with Crippen molar-refractivity contribution in [1.82, 2.24) is 9.88 Å². The summed E-state index contributed by atoms with van der Waals surface area (Å²) >= 11 is 7.80. The number of rotatable bonds is 6. The second kappa shape index (κ2) is 7.18. The lowest BCUT2D eigenvalue weighted by molar-refractivity contribution is 0.162. The molecule has 0 amide bonds. The lowest BCUT2D eigenvalue weighted by Crippen LogP contribution is -2.22. The summed E-state index contributed by atoms with van der Waals surface area (Å²) in [5.41, 5.74) is 2.02. The first-order valence-corrected chi connectivity index (χ1v) is 7.88. The van der Waals surface area contributed by atoms with Crippen molar-refractivity contribution in [3.63, 3.8) is 0 Å². The Balaban J connectivity index is 2.01. The van der Waals surface area contributed by atoms with Gasteiger partial charge in [0.05, 0.1) is 16.8 Å². The molecule has 0 aliphatic heterocycles. The molecule has 0 spiro atoms. The van der Waals surface area contributed by atoms with Crippen LogP contribution in [-0.4, -0.2) is 34.7 Å². The van der Waals surface area contributed by atoms with Gasteiger partial charge < -0.3 is 10.0 Å². The van der Waals surface area contributed by atoms with E-state index in [0.717, 1.165) is 40.8 Å². The van der Waals surface area contributed by atoms with Crippen LogP contribution >= 0.6 is 22.9 Å². The van der Waals surface area contributed by atoms with Crippen molar-refractivity contribution in [3.8, 4) is 10.6 Å². The maximum Gasteiger partial charge on any atom is 0.125 e. The molecule has 1 aromatic heterocycles. The number of aliphatic hydroxyl groups is 1. The van der Waals surface area contributed by atoms with Crippen LogP contribution in [0.15, 0.2) is 29.6 Å². The van der Waals surface area contributed by atoms with Crippen molar-refractivity contribution in [2.45, 2.75) is 26.0 Å². The van der Waals surface area contributed by atoms with E-state index in [2.05, 4.69) is 15.3 Å². The van der Waals surface area contributed by atoms with Crippen LogP contribution in [-0.2, 0) is 6.54 Å². The summed E-state index contributed by atoms with van der Waals surface area (Å²) in [4.78, 5) is 6.80. The summed E-state index contributed by atoms with van der Waals surface area (Å²) in [7, 11) is 2.04. The summed E-state index contributed by atoms with van der Waals surface area (Å²) in [5, 5.41) is 13.0. The Morgan fingerprint density at radius 2 is 2.15 bits per heavy atom. The molecule has 20 heavy (non-hydrogen) atoms. The third-order valence-electron chi connectivity index (χ3n) is 3.02. The highest BCUT2D eigenvalue weighted by Crippen LogP contribution is 2.30. The molecule has 1 aromatic carbocycles. The van der Waals surface area contributed by atoms with Gasteiger partial charge in [-0.15, -0.1) is 11.3 Å². The van der Waals surface area contributed by atoms with Crippen LogP contribution in [0.4, 0.5) is 0 Å². The minimum atomic E-state index is -0.258. The van der Waals surface area contributed by atoms with Crippen LogP contribution in [0.1, 0.15) is 19.0 Å². The number of halogens is 1. The van der Waals surface area contributed by atoms with E-state index in [1.165, 1.54) is 0 Å². The van der Waals surface area contributed by atoms with Crippen LogP contribution in [0.25, 0.3) is 10.6 Å². The van der Waals surface area contributed by atoms with Crippen LogP contribution in [0, 0.1) is 0 Å². The van der Waals surface area contributed by atoms with E-state index in [4.69, 9.17) is 11.6 Å². The van der Waals surface area contributed by atoms with Crippen molar-refractivity contribution < 1.29 is 5.11 Å². The van der Waals surface area contributed by atoms with E-state index in [0.29, 0.717) is 0 Å². The molecular weight excluding hydrogens is 292 g/mol. The summed E-state index contributed by atoms with van der Waals surface area (Å²) in [5.74, 6) is 0. The van der Waals surface area contributed by atoms with Crippen LogP contribution < -0.4 is 0 Å². The van der Waals surface area contributed by atoms with Crippen LogP contribution in [0.5, 0.6) is 0 Å². The highest BCUT2D eigenvalue weighted by atomic mass is 35.5. The number of nitrogens with zero attached hydrogens (tertiary/aromatic N) is 2. The number of thiazole rings is 1. The van der Waals surface area contributed by atoms with Crippen molar-refractivity contribution in [1.29, 1.82) is 0 Å². The van der Waals surface area contributed by atoms with Crippen LogP contribution in [0.3, 0.4) is 0 Å². The van der Waals surface area contributed by atoms with Gasteiger partial charge >= 0.3 is 0 Å². The van der Waals surface area contributed by atoms with Crippen molar-refractivity contribution in [2.75, 3.05) is 13.6 Å². The first-order chi connectivity index (χ1) is 9.56. The minimum Gasteiger partial charge on any atom is -0.393 e. The molecule has 108 valence electrons. The maximum absolute atomic E-state index is 9.30. The van der Waals surface area contributed by atoms with Gasteiger partial charge in [-0.2, -0.15) is 0 Å². The molecule has 2 rings (SSSR count). The highest BCUT2D eigenvalue weighted by Gasteiger charge is 2.10.